The van der Waals surface area contributed by atoms with E-state index in [0.29, 0.717) is 0 Å². The fourth-order valence-electron chi connectivity index (χ4n) is 3.14. The summed E-state index contributed by atoms with van der Waals surface area (Å²) in [5, 5.41) is 8.98. The highest BCUT2D eigenvalue weighted by atomic mass is 15.1. The second kappa shape index (κ2) is 9.41. The van der Waals surface area contributed by atoms with Gasteiger partial charge in [0.15, 0.2) is 0 Å². The Morgan fingerprint density at radius 3 is 1.83 bits per heavy atom. The first-order valence-electron chi connectivity index (χ1n) is 9.72. The Balaban J connectivity index is 1.89. The molecule has 146 valence electrons. The Hall–Kier alpha value is -4.08. The van der Waals surface area contributed by atoms with Crippen molar-refractivity contribution in [3.05, 3.63) is 120 Å². The van der Waals surface area contributed by atoms with Crippen molar-refractivity contribution >= 4 is 23.1 Å². The van der Waals surface area contributed by atoms with E-state index in [4.69, 9.17) is 11.8 Å². The van der Waals surface area contributed by atoms with E-state index < -0.39 is 0 Å². The van der Waals surface area contributed by atoms with E-state index in [9.17, 15) is 0 Å². The number of hydrogen-bond acceptors (Lipinski definition) is 2. The van der Waals surface area contributed by atoms with Gasteiger partial charge in [0.25, 0.3) is 5.70 Å². The highest BCUT2D eigenvalue weighted by Crippen LogP contribution is 2.34. The van der Waals surface area contributed by atoms with E-state index in [1.54, 1.807) is 6.08 Å². The van der Waals surface area contributed by atoms with E-state index in [-0.39, 0.29) is 11.1 Å². The number of para-hydroxylation sites is 2. The molecule has 0 N–H and O–H groups in total. The van der Waals surface area contributed by atoms with Crippen LogP contribution in [0.4, 0.5) is 17.1 Å². The summed E-state index contributed by atoms with van der Waals surface area (Å²) in [4.78, 5) is 5.46. The molecule has 0 saturated heterocycles. The first kappa shape index (κ1) is 20.6. The lowest BCUT2D eigenvalue weighted by molar-refractivity contribution is 0.627. The van der Waals surface area contributed by atoms with Gasteiger partial charge in [0.1, 0.15) is 0 Å². The summed E-state index contributed by atoms with van der Waals surface area (Å²) in [6.45, 7) is 11.0. The van der Waals surface area contributed by atoms with Crippen LogP contribution in [0.3, 0.4) is 0 Å². The van der Waals surface area contributed by atoms with Crippen LogP contribution in [0.15, 0.2) is 103 Å². The average Bonchev–Trinajstić information content (AvgIpc) is 2.79. The molecule has 0 aliphatic carbocycles. The van der Waals surface area contributed by atoms with Crippen molar-refractivity contribution in [3.63, 3.8) is 0 Å². The minimum atomic E-state index is -0.381. The lowest BCUT2D eigenvalue weighted by Crippen LogP contribution is -2.09. The van der Waals surface area contributed by atoms with Crippen LogP contribution in [-0.4, -0.2) is 0 Å². The smallest absolute Gasteiger partial charge is 0.258 e. The summed E-state index contributed by atoms with van der Waals surface area (Å²) in [7, 11) is 0. The van der Waals surface area contributed by atoms with Gasteiger partial charge in [0.05, 0.1) is 12.6 Å². The first-order chi connectivity index (χ1) is 14.5. The Bertz CT molecular complexity index is 1060. The quantitative estimate of drug-likeness (QED) is 0.322. The molecule has 0 fully saturated rings. The standard InChI is InChI=1S/C27H23N3/c1-27(2,20-23(21-28)29-3)19-18-22-14-16-26(17-15-22)30(24-10-6-4-7-11-24)25-12-8-5-9-13-25/h4-20H,1-2H3/b19-18+,23-20+. The highest BCUT2D eigenvalue weighted by Gasteiger charge is 2.13. The van der Waals surface area contributed by atoms with E-state index in [0.717, 1.165) is 22.6 Å². The molecule has 0 saturated carbocycles. The summed E-state index contributed by atoms with van der Waals surface area (Å²) in [6, 6.07) is 30.8. The molecule has 0 radical (unpaired) electrons. The van der Waals surface area contributed by atoms with Crippen molar-refractivity contribution in [1.29, 1.82) is 5.26 Å². The van der Waals surface area contributed by atoms with Crippen molar-refractivity contribution in [3.8, 4) is 6.07 Å². The number of anilines is 3. The fourth-order valence-corrected chi connectivity index (χ4v) is 3.14. The molecule has 0 atom stereocenters. The van der Waals surface area contributed by atoms with Crippen molar-refractivity contribution in [2.75, 3.05) is 4.90 Å². The van der Waals surface area contributed by atoms with Crippen LogP contribution in [0.25, 0.3) is 10.9 Å². The zero-order valence-corrected chi connectivity index (χ0v) is 17.2. The van der Waals surface area contributed by atoms with Crippen LogP contribution in [0.2, 0.25) is 0 Å². The molecule has 0 spiro atoms. The number of rotatable bonds is 6. The van der Waals surface area contributed by atoms with E-state index in [2.05, 4.69) is 58.3 Å². The molecule has 30 heavy (non-hydrogen) atoms. The molecule has 3 rings (SSSR count). The summed E-state index contributed by atoms with van der Waals surface area (Å²) < 4.78 is 0. The average molecular weight is 390 g/mol. The van der Waals surface area contributed by atoms with Crippen molar-refractivity contribution in [2.24, 2.45) is 5.41 Å². The largest absolute Gasteiger partial charge is 0.311 e. The second-order valence-electron chi connectivity index (χ2n) is 7.51. The molecule has 0 amide bonds. The van der Waals surface area contributed by atoms with Gasteiger partial charge in [-0.2, -0.15) is 0 Å². The number of nitrogens with zero attached hydrogens (tertiary/aromatic N) is 3. The maximum atomic E-state index is 8.98. The third kappa shape index (κ3) is 5.25. The molecule has 0 aliphatic heterocycles. The minimum absolute atomic E-state index is 0.112. The molecule has 0 heterocycles. The molecule has 0 unspecified atom stereocenters. The van der Waals surface area contributed by atoms with Gasteiger partial charge in [0, 0.05) is 17.1 Å². The Labute approximate surface area is 178 Å². The third-order valence-electron chi connectivity index (χ3n) is 4.63. The minimum Gasteiger partial charge on any atom is -0.311 e. The predicted molar refractivity (Wildman–Crippen MR) is 124 cm³/mol. The van der Waals surface area contributed by atoms with Crippen molar-refractivity contribution < 1.29 is 0 Å². The van der Waals surface area contributed by atoms with Crippen molar-refractivity contribution in [1.82, 2.24) is 0 Å². The SMILES string of the molecule is [C-]#[N+]/C(C#N)=C/C(C)(C)/C=C/c1ccc(N(c2ccccc2)c2ccccc2)cc1. The van der Waals surface area contributed by atoms with Gasteiger partial charge in [-0.1, -0.05) is 80.6 Å². The normalized spacial score (nSPS) is 11.7. The van der Waals surface area contributed by atoms with Gasteiger partial charge >= 0.3 is 0 Å². The van der Waals surface area contributed by atoms with Gasteiger partial charge in [-0.3, -0.25) is 0 Å². The van der Waals surface area contributed by atoms with Gasteiger partial charge in [-0.15, -0.1) is 0 Å². The fraction of sp³-hybridized carbons (Fsp3) is 0.111. The number of benzene rings is 3. The zero-order chi connectivity index (χ0) is 21.4. The maximum Gasteiger partial charge on any atom is 0.258 e. The summed E-state index contributed by atoms with van der Waals surface area (Å²) in [5.41, 5.74) is 4.06. The molecule has 0 aliphatic rings. The molecule has 3 aromatic rings. The molecule has 3 nitrogen and oxygen atoms in total. The number of hydrogen-bond donors (Lipinski definition) is 0. The predicted octanol–water partition coefficient (Wildman–Crippen LogP) is 7.52. The topological polar surface area (TPSA) is 31.4 Å². The Morgan fingerprint density at radius 2 is 1.37 bits per heavy atom. The molecule has 3 aromatic carbocycles. The third-order valence-corrected chi connectivity index (χ3v) is 4.63. The second-order valence-corrected chi connectivity index (χ2v) is 7.51. The molecule has 0 bridgehead atoms. The van der Waals surface area contributed by atoms with Crippen LogP contribution in [0.5, 0.6) is 0 Å². The molecule has 0 aromatic heterocycles. The van der Waals surface area contributed by atoms with Gasteiger partial charge in [-0.25, -0.2) is 10.1 Å². The Morgan fingerprint density at radius 1 is 0.867 bits per heavy atom. The Kier molecular flexibility index (Phi) is 6.48. The number of allylic oxidation sites excluding steroid dienone is 3. The van der Waals surface area contributed by atoms with Crippen LogP contribution >= 0.6 is 0 Å². The van der Waals surface area contributed by atoms with Crippen LogP contribution in [0, 0.1) is 23.3 Å². The maximum absolute atomic E-state index is 8.98. The molecular weight excluding hydrogens is 366 g/mol. The molecular formula is C27H23N3. The number of nitriles is 1. The zero-order valence-electron chi connectivity index (χ0n) is 17.2. The molecule has 3 heteroatoms. The summed E-state index contributed by atoms with van der Waals surface area (Å²) in [5.74, 6) is 0. The van der Waals surface area contributed by atoms with Crippen LogP contribution < -0.4 is 4.90 Å². The first-order valence-corrected chi connectivity index (χ1v) is 9.72. The van der Waals surface area contributed by atoms with Gasteiger partial charge < -0.3 is 4.90 Å². The summed E-state index contributed by atoms with van der Waals surface area (Å²) >= 11 is 0. The lowest BCUT2D eigenvalue weighted by atomic mass is 9.91. The highest BCUT2D eigenvalue weighted by molar-refractivity contribution is 5.76. The van der Waals surface area contributed by atoms with E-state index in [1.807, 2.05) is 68.5 Å². The van der Waals surface area contributed by atoms with Gasteiger partial charge in [0.2, 0.25) is 0 Å². The van der Waals surface area contributed by atoms with E-state index >= 15 is 0 Å². The van der Waals surface area contributed by atoms with Gasteiger partial charge in [-0.05, 0) is 47.4 Å². The summed E-state index contributed by atoms with van der Waals surface area (Å²) in [6.07, 6.45) is 5.72. The van der Waals surface area contributed by atoms with E-state index in [1.165, 1.54) is 0 Å². The van der Waals surface area contributed by atoms with Crippen molar-refractivity contribution in [2.45, 2.75) is 13.8 Å². The monoisotopic (exact) mass is 389 g/mol. The lowest BCUT2D eigenvalue weighted by Gasteiger charge is -2.25. The van der Waals surface area contributed by atoms with Crippen LogP contribution in [-0.2, 0) is 0 Å². The van der Waals surface area contributed by atoms with Crippen LogP contribution in [0.1, 0.15) is 19.4 Å².